The van der Waals surface area contributed by atoms with Crippen molar-refractivity contribution < 1.29 is 0 Å². The van der Waals surface area contributed by atoms with Crippen molar-refractivity contribution in [1.29, 1.82) is 0 Å². The van der Waals surface area contributed by atoms with Gasteiger partial charge in [-0.2, -0.15) is 0 Å². The molecule has 2 heteroatoms. The van der Waals surface area contributed by atoms with Gasteiger partial charge in [0.25, 0.3) is 0 Å². The van der Waals surface area contributed by atoms with E-state index in [0.29, 0.717) is 0 Å². The second-order valence-corrected chi connectivity index (χ2v) is 4.27. The second kappa shape index (κ2) is 4.77. The fourth-order valence-corrected chi connectivity index (χ4v) is 1.95. The van der Waals surface area contributed by atoms with Crippen LogP contribution in [0.25, 0.3) is 0 Å². The van der Waals surface area contributed by atoms with Gasteiger partial charge in [0.1, 0.15) is 0 Å². The van der Waals surface area contributed by atoms with Gasteiger partial charge < -0.3 is 5.73 Å². The summed E-state index contributed by atoms with van der Waals surface area (Å²) in [6.45, 7) is 4.25. The first-order chi connectivity index (χ1) is 6.15. The van der Waals surface area contributed by atoms with E-state index in [1.807, 2.05) is 0 Å². The Labute approximate surface area is 88.5 Å². The van der Waals surface area contributed by atoms with Crippen LogP contribution in [-0.4, -0.2) is 0 Å². The number of aryl methyl sites for hydroxylation is 1. The van der Waals surface area contributed by atoms with Crippen molar-refractivity contribution in [3.8, 4) is 0 Å². The number of rotatable bonds is 3. The topological polar surface area (TPSA) is 26.0 Å². The Balaban J connectivity index is 2.91. The van der Waals surface area contributed by atoms with Crippen LogP contribution in [0.1, 0.15) is 36.9 Å². The molecular weight excluding hydrogens is 226 g/mol. The van der Waals surface area contributed by atoms with Crippen LogP contribution in [0.3, 0.4) is 0 Å². The van der Waals surface area contributed by atoms with Crippen molar-refractivity contribution in [3.63, 3.8) is 0 Å². The Kier molecular flexibility index (Phi) is 3.94. The van der Waals surface area contributed by atoms with E-state index in [0.717, 1.165) is 17.3 Å². The molecule has 1 rings (SSSR count). The predicted molar refractivity (Wildman–Crippen MR) is 60.7 cm³/mol. The van der Waals surface area contributed by atoms with Crippen LogP contribution >= 0.6 is 15.9 Å². The molecule has 0 heterocycles. The van der Waals surface area contributed by atoms with Gasteiger partial charge in [0.2, 0.25) is 0 Å². The molecule has 1 aromatic carbocycles. The summed E-state index contributed by atoms with van der Waals surface area (Å²) < 4.78 is 1.12. The highest BCUT2D eigenvalue weighted by molar-refractivity contribution is 9.10. The first-order valence-corrected chi connectivity index (χ1v) is 5.46. The summed E-state index contributed by atoms with van der Waals surface area (Å²) >= 11 is 3.52. The molecule has 0 aliphatic heterocycles. The zero-order chi connectivity index (χ0) is 9.84. The third kappa shape index (κ3) is 2.82. The molecule has 2 N–H and O–H groups in total. The Morgan fingerprint density at radius 1 is 1.46 bits per heavy atom. The molecule has 0 amide bonds. The van der Waals surface area contributed by atoms with E-state index in [9.17, 15) is 0 Å². The van der Waals surface area contributed by atoms with E-state index in [1.165, 1.54) is 11.1 Å². The van der Waals surface area contributed by atoms with Gasteiger partial charge in [-0.05, 0) is 25.0 Å². The molecule has 0 bridgehead atoms. The van der Waals surface area contributed by atoms with Gasteiger partial charge in [0.05, 0.1) is 0 Å². The highest BCUT2D eigenvalue weighted by atomic mass is 79.9. The molecule has 1 nitrogen and oxygen atoms in total. The summed E-state index contributed by atoms with van der Waals surface area (Å²) in [5, 5.41) is 0. The maximum atomic E-state index is 6.05. The maximum Gasteiger partial charge on any atom is 0.0306 e. The van der Waals surface area contributed by atoms with Crippen molar-refractivity contribution in [2.24, 2.45) is 5.73 Å². The molecule has 0 aromatic heterocycles. The maximum absolute atomic E-state index is 6.05. The van der Waals surface area contributed by atoms with Crippen molar-refractivity contribution in [3.05, 3.63) is 33.8 Å². The first kappa shape index (κ1) is 10.7. The van der Waals surface area contributed by atoms with Gasteiger partial charge in [-0.3, -0.25) is 0 Å². The van der Waals surface area contributed by atoms with Crippen molar-refractivity contribution in [2.45, 2.75) is 32.7 Å². The zero-order valence-electron chi connectivity index (χ0n) is 8.18. The Morgan fingerprint density at radius 2 is 2.15 bits per heavy atom. The van der Waals surface area contributed by atoms with Crippen molar-refractivity contribution >= 4 is 15.9 Å². The van der Waals surface area contributed by atoms with Crippen LogP contribution in [0.4, 0.5) is 0 Å². The lowest BCUT2D eigenvalue weighted by atomic mass is 10.0. The lowest BCUT2D eigenvalue weighted by Crippen LogP contribution is -2.10. The average Bonchev–Trinajstić information content (AvgIpc) is 2.09. The fourth-order valence-electron chi connectivity index (χ4n) is 1.41. The summed E-state index contributed by atoms with van der Waals surface area (Å²) in [6.07, 6.45) is 2.17. The largest absolute Gasteiger partial charge is 0.324 e. The molecule has 0 fully saturated rings. The van der Waals surface area contributed by atoms with Crippen LogP contribution in [-0.2, 0) is 0 Å². The standard InChI is InChI=1S/C11H16BrN/c1-3-4-11(13)9-7-8(2)5-6-10(9)12/h5-7,11H,3-4,13H2,1-2H3. The lowest BCUT2D eigenvalue weighted by molar-refractivity contribution is 0.635. The van der Waals surface area contributed by atoms with Crippen LogP contribution in [0.2, 0.25) is 0 Å². The Bertz CT molecular complexity index is 283. The summed E-state index contributed by atoms with van der Waals surface area (Å²) in [7, 11) is 0. The van der Waals surface area contributed by atoms with Crippen LogP contribution < -0.4 is 5.73 Å². The monoisotopic (exact) mass is 241 g/mol. The molecule has 0 radical (unpaired) electrons. The minimum atomic E-state index is 0.166. The molecule has 1 aromatic rings. The molecule has 0 saturated heterocycles. The van der Waals surface area contributed by atoms with Crippen molar-refractivity contribution in [1.82, 2.24) is 0 Å². The van der Waals surface area contributed by atoms with E-state index in [-0.39, 0.29) is 6.04 Å². The van der Waals surface area contributed by atoms with Gasteiger partial charge in [-0.1, -0.05) is 47.0 Å². The van der Waals surface area contributed by atoms with Crippen LogP contribution in [0, 0.1) is 6.92 Å². The quantitative estimate of drug-likeness (QED) is 0.861. The Hall–Kier alpha value is -0.340. The lowest BCUT2D eigenvalue weighted by Gasteiger charge is -2.13. The van der Waals surface area contributed by atoms with Crippen LogP contribution in [0.15, 0.2) is 22.7 Å². The van der Waals surface area contributed by atoms with Gasteiger partial charge in [0, 0.05) is 10.5 Å². The van der Waals surface area contributed by atoms with Gasteiger partial charge >= 0.3 is 0 Å². The van der Waals surface area contributed by atoms with E-state index in [1.54, 1.807) is 0 Å². The minimum absolute atomic E-state index is 0.166. The van der Waals surface area contributed by atoms with Gasteiger partial charge in [-0.25, -0.2) is 0 Å². The fraction of sp³-hybridized carbons (Fsp3) is 0.455. The number of halogens is 1. The molecule has 0 saturated carbocycles. The smallest absolute Gasteiger partial charge is 0.0306 e. The van der Waals surface area contributed by atoms with Crippen molar-refractivity contribution in [2.75, 3.05) is 0 Å². The molecule has 0 aliphatic rings. The number of hydrogen-bond acceptors (Lipinski definition) is 1. The molecule has 1 unspecified atom stereocenters. The average molecular weight is 242 g/mol. The molecule has 0 spiro atoms. The molecule has 0 aliphatic carbocycles. The summed E-state index contributed by atoms with van der Waals surface area (Å²) in [4.78, 5) is 0. The van der Waals surface area contributed by atoms with E-state index in [4.69, 9.17) is 5.73 Å². The molecular formula is C11H16BrN. The summed E-state index contributed by atoms with van der Waals surface area (Å²) in [6, 6.07) is 6.48. The van der Waals surface area contributed by atoms with E-state index >= 15 is 0 Å². The summed E-state index contributed by atoms with van der Waals surface area (Å²) in [5.41, 5.74) is 8.54. The van der Waals surface area contributed by atoms with E-state index in [2.05, 4.69) is 48.0 Å². The number of hydrogen-bond donors (Lipinski definition) is 1. The second-order valence-electron chi connectivity index (χ2n) is 3.42. The normalized spacial score (nSPS) is 12.9. The summed E-state index contributed by atoms with van der Waals surface area (Å²) in [5.74, 6) is 0. The third-order valence-electron chi connectivity index (χ3n) is 2.15. The highest BCUT2D eigenvalue weighted by Crippen LogP contribution is 2.25. The molecule has 1 atom stereocenters. The highest BCUT2D eigenvalue weighted by Gasteiger charge is 2.08. The van der Waals surface area contributed by atoms with E-state index < -0.39 is 0 Å². The van der Waals surface area contributed by atoms with Gasteiger partial charge in [0.15, 0.2) is 0 Å². The number of benzene rings is 1. The Morgan fingerprint density at radius 3 is 2.77 bits per heavy atom. The molecule has 72 valence electrons. The SMILES string of the molecule is CCCC(N)c1cc(C)ccc1Br. The van der Waals surface area contributed by atoms with Crippen LogP contribution in [0.5, 0.6) is 0 Å². The third-order valence-corrected chi connectivity index (χ3v) is 2.87. The first-order valence-electron chi connectivity index (χ1n) is 4.66. The molecule has 13 heavy (non-hydrogen) atoms. The predicted octanol–water partition coefficient (Wildman–Crippen LogP) is 3.56. The minimum Gasteiger partial charge on any atom is -0.324 e. The van der Waals surface area contributed by atoms with Gasteiger partial charge in [-0.15, -0.1) is 0 Å². The number of nitrogens with two attached hydrogens (primary N) is 1. The zero-order valence-corrected chi connectivity index (χ0v) is 9.76.